The summed E-state index contributed by atoms with van der Waals surface area (Å²) in [5.41, 5.74) is 1.13. The van der Waals surface area contributed by atoms with Crippen LogP contribution in [-0.4, -0.2) is 32.4 Å². The Labute approximate surface area is 198 Å². The molecule has 166 valence electrons. The van der Waals surface area contributed by atoms with Gasteiger partial charge in [-0.3, -0.25) is 0 Å². The van der Waals surface area contributed by atoms with Gasteiger partial charge in [0.15, 0.2) is 0 Å². The summed E-state index contributed by atoms with van der Waals surface area (Å²) >= 11 is 18.9. The van der Waals surface area contributed by atoms with E-state index in [1.54, 1.807) is 32.0 Å². The van der Waals surface area contributed by atoms with Crippen LogP contribution in [0.15, 0.2) is 36.4 Å². The van der Waals surface area contributed by atoms with Gasteiger partial charge in [0.2, 0.25) is 0 Å². The number of aromatic hydroxyl groups is 2. The van der Waals surface area contributed by atoms with Crippen LogP contribution in [0.5, 0.6) is 11.5 Å². The lowest BCUT2D eigenvalue weighted by Crippen LogP contribution is -2.10. The molecule has 3 rings (SSSR count). The van der Waals surface area contributed by atoms with E-state index in [0.29, 0.717) is 27.8 Å². The Bertz CT molecular complexity index is 1200. The molecular weight excluding hydrogens is 479 g/mol. The summed E-state index contributed by atoms with van der Waals surface area (Å²) < 4.78 is 0. The fourth-order valence-electron chi connectivity index (χ4n) is 3.61. The van der Waals surface area contributed by atoms with E-state index in [1.165, 1.54) is 18.2 Å². The summed E-state index contributed by atoms with van der Waals surface area (Å²) in [4.78, 5) is 23.4. The molecule has 0 aliphatic carbocycles. The molecule has 0 radical (unpaired) electrons. The fraction of sp³-hybridized carbons (Fsp3) is 0.130. The van der Waals surface area contributed by atoms with Gasteiger partial charge in [-0.25, -0.2) is 9.59 Å². The van der Waals surface area contributed by atoms with Gasteiger partial charge in [0.25, 0.3) is 0 Å². The number of hydrogen-bond donors (Lipinski definition) is 4. The molecule has 0 amide bonds. The highest BCUT2D eigenvalue weighted by atomic mass is 35.5. The first-order valence-corrected chi connectivity index (χ1v) is 10.3. The molecular formula is C23H17Cl3O6. The molecule has 0 saturated heterocycles. The summed E-state index contributed by atoms with van der Waals surface area (Å²) in [6.45, 7) is 3.08. The number of hydrogen-bond acceptors (Lipinski definition) is 4. The Morgan fingerprint density at radius 3 is 1.59 bits per heavy atom. The van der Waals surface area contributed by atoms with E-state index in [4.69, 9.17) is 34.8 Å². The molecule has 0 atom stereocenters. The molecule has 0 aromatic heterocycles. The zero-order valence-electron chi connectivity index (χ0n) is 16.8. The average molecular weight is 496 g/mol. The average Bonchev–Trinajstić information content (AvgIpc) is 2.70. The van der Waals surface area contributed by atoms with Gasteiger partial charge in [-0.15, -0.1) is 0 Å². The van der Waals surface area contributed by atoms with Crippen LogP contribution < -0.4 is 0 Å². The van der Waals surface area contributed by atoms with Crippen LogP contribution in [0.2, 0.25) is 15.1 Å². The highest BCUT2D eigenvalue weighted by Gasteiger charge is 2.27. The van der Waals surface area contributed by atoms with Crippen molar-refractivity contribution in [1.29, 1.82) is 0 Å². The summed E-state index contributed by atoms with van der Waals surface area (Å²) in [5, 5.41) is 40.0. The van der Waals surface area contributed by atoms with E-state index >= 15 is 0 Å². The lowest BCUT2D eigenvalue weighted by atomic mass is 9.82. The first-order chi connectivity index (χ1) is 14.9. The van der Waals surface area contributed by atoms with Crippen LogP contribution in [0.4, 0.5) is 0 Å². The zero-order chi connectivity index (χ0) is 23.9. The van der Waals surface area contributed by atoms with Crippen molar-refractivity contribution in [2.45, 2.75) is 19.8 Å². The van der Waals surface area contributed by atoms with Crippen molar-refractivity contribution < 1.29 is 30.0 Å². The lowest BCUT2D eigenvalue weighted by molar-refractivity contribution is 0.0682. The van der Waals surface area contributed by atoms with Crippen LogP contribution in [-0.2, 0) is 0 Å². The molecule has 0 aliphatic heterocycles. The standard InChI is InChI=1S/C23H17Cl3O6/c1-9-3-11(5-15(20(9)27)22(29)30)18(14-7-13(24)8-17(25)19(14)26)12-4-10(2)21(28)16(6-12)23(31)32/h3-8,18,27-28H,1-2H3,(H,29,30)(H,31,32). The van der Waals surface area contributed by atoms with Gasteiger partial charge in [0.1, 0.15) is 22.6 Å². The minimum atomic E-state index is -1.34. The van der Waals surface area contributed by atoms with Gasteiger partial charge < -0.3 is 20.4 Å². The van der Waals surface area contributed by atoms with Gasteiger partial charge in [-0.2, -0.15) is 0 Å². The van der Waals surface area contributed by atoms with Gasteiger partial charge in [0.05, 0.1) is 10.0 Å². The topological polar surface area (TPSA) is 115 Å². The van der Waals surface area contributed by atoms with Crippen LogP contribution >= 0.6 is 34.8 Å². The molecule has 3 aromatic rings. The highest BCUT2D eigenvalue weighted by Crippen LogP contribution is 2.43. The van der Waals surface area contributed by atoms with E-state index in [-0.39, 0.29) is 37.7 Å². The van der Waals surface area contributed by atoms with Crippen molar-refractivity contribution in [3.63, 3.8) is 0 Å². The van der Waals surface area contributed by atoms with Crippen molar-refractivity contribution in [2.24, 2.45) is 0 Å². The van der Waals surface area contributed by atoms with Gasteiger partial charge >= 0.3 is 11.9 Å². The normalized spacial score (nSPS) is 11.1. The maximum Gasteiger partial charge on any atom is 0.339 e. The second kappa shape index (κ2) is 8.90. The second-order valence-electron chi connectivity index (χ2n) is 7.30. The molecule has 3 aromatic carbocycles. The van der Waals surface area contributed by atoms with E-state index in [1.807, 2.05) is 0 Å². The van der Waals surface area contributed by atoms with Crippen LogP contribution in [0, 0.1) is 13.8 Å². The van der Waals surface area contributed by atoms with E-state index in [0.717, 1.165) is 0 Å². The molecule has 9 heteroatoms. The van der Waals surface area contributed by atoms with Crippen LogP contribution in [0.1, 0.15) is 54.5 Å². The summed E-state index contributed by atoms with van der Waals surface area (Å²) in [5.74, 6) is -4.26. The Morgan fingerprint density at radius 1 is 0.750 bits per heavy atom. The van der Waals surface area contributed by atoms with E-state index in [2.05, 4.69) is 0 Å². The molecule has 0 heterocycles. The van der Waals surface area contributed by atoms with E-state index in [9.17, 15) is 30.0 Å². The Balaban J connectivity index is 2.43. The third-order valence-corrected chi connectivity index (χ3v) is 6.14. The maximum absolute atomic E-state index is 11.7. The van der Waals surface area contributed by atoms with Crippen LogP contribution in [0.25, 0.3) is 0 Å². The van der Waals surface area contributed by atoms with Gasteiger partial charge in [-0.1, -0.05) is 46.9 Å². The number of phenols is 2. The lowest BCUT2D eigenvalue weighted by Gasteiger charge is -2.23. The molecule has 0 fully saturated rings. The number of aryl methyl sites for hydroxylation is 2. The summed E-state index contributed by atoms with van der Waals surface area (Å²) in [7, 11) is 0. The SMILES string of the molecule is Cc1cc(C(c2cc(C)c(O)c(C(=O)O)c2)c2cc(Cl)cc(Cl)c2Cl)cc(C(=O)O)c1O. The van der Waals surface area contributed by atoms with Crippen molar-refractivity contribution in [1.82, 2.24) is 0 Å². The van der Waals surface area contributed by atoms with E-state index < -0.39 is 17.9 Å². The molecule has 0 spiro atoms. The Hall–Kier alpha value is -2.93. The number of aromatic carboxylic acids is 2. The van der Waals surface area contributed by atoms with Crippen molar-refractivity contribution in [2.75, 3.05) is 0 Å². The van der Waals surface area contributed by atoms with Gasteiger partial charge in [0, 0.05) is 10.9 Å². The number of rotatable bonds is 5. The number of carbonyl (C=O) groups is 2. The van der Waals surface area contributed by atoms with Crippen molar-refractivity contribution >= 4 is 46.7 Å². The predicted octanol–water partition coefficient (Wildman–Crippen LogP) is 6.25. The van der Waals surface area contributed by atoms with Gasteiger partial charge in [-0.05, 0) is 65.9 Å². The molecule has 0 aliphatic rings. The minimum absolute atomic E-state index is 0.145. The predicted molar refractivity (Wildman–Crippen MR) is 122 cm³/mol. The molecule has 32 heavy (non-hydrogen) atoms. The molecule has 6 nitrogen and oxygen atoms in total. The molecule has 0 bridgehead atoms. The summed E-state index contributed by atoms with van der Waals surface area (Å²) in [6, 6.07) is 8.69. The third-order valence-electron chi connectivity index (χ3n) is 5.11. The van der Waals surface area contributed by atoms with Crippen LogP contribution in [0.3, 0.4) is 0 Å². The maximum atomic E-state index is 11.7. The highest BCUT2D eigenvalue weighted by molar-refractivity contribution is 6.43. The number of carboxylic acid groups (broad SMARTS) is 2. The number of benzene rings is 3. The smallest absolute Gasteiger partial charge is 0.339 e. The quantitative estimate of drug-likeness (QED) is 0.246. The van der Waals surface area contributed by atoms with Crippen molar-refractivity contribution in [3.05, 3.63) is 90.4 Å². The Kier molecular flexibility index (Phi) is 6.60. The third kappa shape index (κ3) is 4.35. The summed E-state index contributed by atoms with van der Waals surface area (Å²) in [6.07, 6.45) is 0. The first kappa shape index (κ1) is 23.7. The second-order valence-corrected chi connectivity index (χ2v) is 8.52. The number of carboxylic acids is 2. The first-order valence-electron chi connectivity index (χ1n) is 9.20. The molecule has 4 N–H and O–H groups in total. The minimum Gasteiger partial charge on any atom is -0.507 e. The largest absolute Gasteiger partial charge is 0.507 e. The number of halogens is 3. The fourth-order valence-corrected chi connectivity index (χ4v) is 4.34. The monoisotopic (exact) mass is 494 g/mol. The zero-order valence-corrected chi connectivity index (χ0v) is 19.0. The van der Waals surface area contributed by atoms with Crippen molar-refractivity contribution in [3.8, 4) is 11.5 Å². The molecule has 0 saturated carbocycles. The molecule has 0 unspecified atom stereocenters. The Morgan fingerprint density at radius 2 is 1.19 bits per heavy atom.